The van der Waals surface area contributed by atoms with Crippen molar-refractivity contribution in [3.8, 4) is 0 Å². The highest BCUT2D eigenvalue weighted by Crippen LogP contribution is 2.28. The number of imide groups is 1. The Morgan fingerprint density at radius 2 is 1.47 bits per heavy atom. The third-order valence-corrected chi connectivity index (χ3v) is 4.97. The Hall–Kier alpha value is -3.87. The van der Waals surface area contributed by atoms with Crippen LogP contribution in [0.3, 0.4) is 0 Å². The Morgan fingerprint density at radius 1 is 0.867 bits per heavy atom. The van der Waals surface area contributed by atoms with Gasteiger partial charge in [-0.1, -0.05) is 18.2 Å². The molecule has 30 heavy (non-hydrogen) atoms. The average molecular weight is 406 g/mol. The Kier molecular flexibility index (Phi) is 4.87. The topological polar surface area (TPSA) is 66.5 Å². The molecule has 0 radical (unpaired) electrons. The maximum atomic E-state index is 13.4. The zero-order chi connectivity index (χ0) is 21.4. The first-order valence-corrected chi connectivity index (χ1v) is 9.20. The lowest BCUT2D eigenvalue weighted by Crippen LogP contribution is -2.29. The molecule has 0 spiro atoms. The number of rotatable bonds is 4. The van der Waals surface area contributed by atoms with Crippen molar-refractivity contribution in [3.05, 3.63) is 101 Å². The van der Waals surface area contributed by atoms with Crippen LogP contribution in [0.4, 0.5) is 14.5 Å². The van der Waals surface area contributed by atoms with Crippen molar-refractivity contribution < 1.29 is 23.2 Å². The number of benzene rings is 3. The number of hydrogen-bond donors (Lipinski definition) is 1. The molecule has 150 valence electrons. The van der Waals surface area contributed by atoms with Crippen molar-refractivity contribution in [2.75, 3.05) is 4.90 Å². The van der Waals surface area contributed by atoms with Crippen LogP contribution in [0.15, 0.2) is 66.7 Å². The first kappa shape index (κ1) is 19.4. The maximum absolute atomic E-state index is 13.4. The second-order valence-electron chi connectivity index (χ2n) is 6.91. The van der Waals surface area contributed by atoms with Gasteiger partial charge in [-0.3, -0.25) is 14.4 Å². The molecule has 7 heteroatoms. The van der Waals surface area contributed by atoms with Gasteiger partial charge in [0.1, 0.15) is 0 Å². The van der Waals surface area contributed by atoms with Crippen molar-refractivity contribution in [1.82, 2.24) is 5.32 Å². The van der Waals surface area contributed by atoms with Gasteiger partial charge in [0.25, 0.3) is 17.7 Å². The number of fused-ring (bicyclic) bond motifs is 1. The Morgan fingerprint density at radius 3 is 2.03 bits per heavy atom. The van der Waals surface area contributed by atoms with E-state index in [1.54, 1.807) is 31.2 Å². The lowest BCUT2D eigenvalue weighted by molar-refractivity contribution is 0.0921. The van der Waals surface area contributed by atoms with Crippen LogP contribution in [-0.2, 0) is 0 Å². The molecule has 3 aromatic rings. The van der Waals surface area contributed by atoms with Crippen LogP contribution in [0.2, 0.25) is 0 Å². The van der Waals surface area contributed by atoms with Crippen LogP contribution in [0.1, 0.15) is 49.6 Å². The number of nitrogens with one attached hydrogen (secondary N) is 1. The van der Waals surface area contributed by atoms with Gasteiger partial charge in [0.15, 0.2) is 11.6 Å². The Labute approximate surface area is 170 Å². The van der Waals surface area contributed by atoms with E-state index in [0.29, 0.717) is 27.9 Å². The lowest BCUT2D eigenvalue weighted by Gasteiger charge is -2.16. The number of carbonyl (C=O) groups excluding carboxylic acids is 3. The number of amides is 3. The molecular weight excluding hydrogens is 390 g/mol. The molecule has 0 saturated heterocycles. The molecule has 0 aliphatic carbocycles. The standard InChI is InChI=1S/C23H16F2N2O3/c1-13(15-8-11-19(24)20(25)12-15)26-21(28)14-6-9-16(10-7-14)27-22(29)17-4-2-3-5-18(17)23(27)30/h2-13H,1H3,(H,26,28)/t13-/m0/s1. The van der Waals surface area contributed by atoms with E-state index < -0.39 is 35.4 Å². The molecule has 0 bridgehead atoms. The van der Waals surface area contributed by atoms with Gasteiger partial charge in [-0.15, -0.1) is 0 Å². The largest absolute Gasteiger partial charge is 0.346 e. The maximum Gasteiger partial charge on any atom is 0.266 e. The molecule has 3 aromatic carbocycles. The summed E-state index contributed by atoms with van der Waals surface area (Å²) < 4.78 is 26.5. The van der Waals surface area contributed by atoms with Crippen LogP contribution in [0, 0.1) is 11.6 Å². The van der Waals surface area contributed by atoms with E-state index in [0.717, 1.165) is 17.0 Å². The highest BCUT2D eigenvalue weighted by Gasteiger charge is 2.36. The Balaban J connectivity index is 1.50. The number of nitrogens with zero attached hydrogens (tertiary/aromatic N) is 1. The molecule has 0 unspecified atom stereocenters. The molecular formula is C23H16F2N2O3. The molecule has 3 amide bonds. The highest BCUT2D eigenvalue weighted by molar-refractivity contribution is 6.34. The van der Waals surface area contributed by atoms with Gasteiger partial charge in [-0.2, -0.15) is 0 Å². The fourth-order valence-electron chi connectivity index (χ4n) is 3.33. The summed E-state index contributed by atoms with van der Waals surface area (Å²) in [4.78, 5) is 38.7. The van der Waals surface area contributed by atoms with Gasteiger partial charge in [0.05, 0.1) is 22.9 Å². The normalized spacial score (nSPS) is 13.9. The van der Waals surface area contributed by atoms with E-state index in [1.165, 1.54) is 30.3 Å². The minimum Gasteiger partial charge on any atom is -0.346 e. The first-order valence-electron chi connectivity index (χ1n) is 9.20. The molecule has 1 N–H and O–H groups in total. The van der Waals surface area contributed by atoms with E-state index in [9.17, 15) is 23.2 Å². The van der Waals surface area contributed by atoms with Gasteiger partial charge >= 0.3 is 0 Å². The summed E-state index contributed by atoms with van der Waals surface area (Å²) >= 11 is 0. The monoisotopic (exact) mass is 406 g/mol. The van der Waals surface area contributed by atoms with E-state index in [4.69, 9.17) is 0 Å². The second-order valence-corrected chi connectivity index (χ2v) is 6.91. The summed E-state index contributed by atoms with van der Waals surface area (Å²) in [6.45, 7) is 1.65. The lowest BCUT2D eigenvalue weighted by atomic mass is 10.1. The van der Waals surface area contributed by atoms with Crippen molar-refractivity contribution in [2.24, 2.45) is 0 Å². The third kappa shape index (κ3) is 3.34. The smallest absolute Gasteiger partial charge is 0.266 e. The van der Waals surface area contributed by atoms with E-state index in [2.05, 4.69) is 5.32 Å². The van der Waals surface area contributed by atoms with Crippen LogP contribution >= 0.6 is 0 Å². The summed E-state index contributed by atoms with van der Waals surface area (Å²) in [5.41, 5.74) is 1.75. The third-order valence-electron chi connectivity index (χ3n) is 4.97. The van der Waals surface area contributed by atoms with E-state index in [1.807, 2.05) is 0 Å². The average Bonchev–Trinajstić information content (AvgIpc) is 3.00. The number of hydrogen-bond acceptors (Lipinski definition) is 3. The van der Waals surface area contributed by atoms with Crippen LogP contribution < -0.4 is 10.2 Å². The van der Waals surface area contributed by atoms with Gasteiger partial charge in [-0.25, -0.2) is 13.7 Å². The summed E-state index contributed by atoms with van der Waals surface area (Å²) in [5.74, 6) is -3.21. The predicted octanol–water partition coefficient (Wildman–Crippen LogP) is 4.26. The predicted molar refractivity (Wildman–Crippen MR) is 106 cm³/mol. The fraction of sp³-hybridized carbons (Fsp3) is 0.0870. The molecule has 1 heterocycles. The van der Waals surface area contributed by atoms with Gasteiger partial charge in [0.2, 0.25) is 0 Å². The molecule has 0 saturated carbocycles. The minimum atomic E-state index is -0.987. The van der Waals surface area contributed by atoms with Crippen molar-refractivity contribution in [1.29, 1.82) is 0 Å². The summed E-state index contributed by atoms with van der Waals surface area (Å²) in [7, 11) is 0. The minimum absolute atomic E-state index is 0.296. The van der Waals surface area contributed by atoms with Crippen LogP contribution in [0.25, 0.3) is 0 Å². The molecule has 5 nitrogen and oxygen atoms in total. The zero-order valence-electron chi connectivity index (χ0n) is 15.9. The molecule has 0 fully saturated rings. The van der Waals surface area contributed by atoms with Gasteiger partial charge in [0, 0.05) is 5.56 Å². The van der Waals surface area contributed by atoms with Crippen LogP contribution in [0.5, 0.6) is 0 Å². The molecule has 1 aliphatic heterocycles. The quantitative estimate of drug-likeness (QED) is 0.659. The van der Waals surface area contributed by atoms with Gasteiger partial charge < -0.3 is 5.32 Å². The zero-order valence-corrected chi connectivity index (χ0v) is 15.9. The van der Waals surface area contributed by atoms with E-state index in [-0.39, 0.29) is 0 Å². The molecule has 1 aliphatic rings. The van der Waals surface area contributed by atoms with Gasteiger partial charge in [-0.05, 0) is 61.0 Å². The second kappa shape index (κ2) is 7.51. The SMILES string of the molecule is C[C@H](NC(=O)c1ccc(N2C(=O)c3ccccc3C2=O)cc1)c1ccc(F)c(F)c1. The highest BCUT2D eigenvalue weighted by atomic mass is 19.2. The molecule has 0 aromatic heterocycles. The molecule has 1 atom stereocenters. The van der Waals surface area contributed by atoms with Crippen molar-refractivity contribution in [2.45, 2.75) is 13.0 Å². The summed E-state index contributed by atoms with van der Waals surface area (Å²) in [6, 6.07) is 15.5. The summed E-state index contributed by atoms with van der Waals surface area (Å²) in [6.07, 6.45) is 0. The number of anilines is 1. The molecule has 4 rings (SSSR count). The fourth-order valence-corrected chi connectivity index (χ4v) is 3.33. The van der Waals surface area contributed by atoms with E-state index >= 15 is 0 Å². The van der Waals surface area contributed by atoms with Crippen molar-refractivity contribution >= 4 is 23.4 Å². The number of carbonyl (C=O) groups is 3. The number of halogens is 2. The van der Waals surface area contributed by atoms with Crippen molar-refractivity contribution in [3.63, 3.8) is 0 Å². The van der Waals surface area contributed by atoms with Crippen LogP contribution in [-0.4, -0.2) is 17.7 Å². The first-order chi connectivity index (χ1) is 14.4. The Bertz CT molecular complexity index is 1140. The summed E-state index contributed by atoms with van der Waals surface area (Å²) in [5, 5.41) is 2.70.